The maximum Gasteiger partial charge on any atom is 0.328 e. The lowest BCUT2D eigenvalue weighted by atomic mass is 10.2. The molecule has 0 saturated heterocycles. The fraction of sp³-hybridized carbons (Fsp3) is 0.182. The molecule has 0 aliphatic heterocycles. The summed E-state index contributed by atoms with van der Waals surface area (Å²) in [5.41, 5.74) is 2.35. The number of aromatic nitrogens is 3. The smallest absolute Gasteiger partial charge is 0.328 e. The minimum Gasteiger partial charge on any atom is -0.478 e. The van der Waals surface area contributed by atoms with Gasteiger partial charge in [-0.1, -0.05) is 6.07 Å². The second kappa shape index (κ2) is 11.3. The molecule has 180 valence electrons. The number of carbonyl (C=O) groups is 2. The molecule has 10 nitrogen and oxygen atoms in total. The minimum atomic E-state index is -3.87. The average molecular weight is 491 g/mol. The molecule has 0 spiro atoms. The third-order valence-corrected chi connectivity index (χ3v) is 6.03. The molecule has 0 radical (unpaired) electrons. The second-order valence-electron chi connectivity index (χ2n) is 7.00. The summed E-state index contributed by atoms with van der Waals surface area (Å²) in [7, 11) is -2.13. The second-order valence-corrected chi connectivity index (χ2v) is 8.89. The number of sulfone groups is 1. The van der Waals surface area contributed by atoms with Crippen LogP contribution in [0.1, 0.15) is 17.0 Å². The van der Waals surface area contributed by atoms with Crippen LogP contribution in [-0.4, -0.2) is 52.4 Å². The number of pyridine rings is 1. The summed E-state index contributed by atoms with van der Waals surface area (Å²) in [6.07, 6.45) is 2.43. The van der Waals surface area contributed by atoms with Crippen molar-refractivity contribution in [2.45, 2.75) is 30.3 Å². The van der Waals surface area contributed by atoms with Gasteiger partial charge in [0, 0.05) is 36.7 Å². The number of aliphatic carboxylic acids is 2. The summed E-state index contributed by atoms with van der Waals surface area (Å²) in [5, 5.41) is 22.9. The molecule has 0 unspecified atom stereocenters. The highest BCUT2D eigenvalue weighted by molar-refractivity contribution is 7.91. The Morgan fingerprint density at radius 1 is 1.09 bits per heavy atom. The van der Waals surface area contributed by atoms with E-state index in [4.69, 9.17) is 10.2 Å². The molecule has 34 heavy (non-hydrogen) atoms. The van der Waals surface area contributed by atoms with E-state index in [2.05, 4.69) is 15.4 Å². The number of carboxylic acids is 2. The number of carboxylic acid groups (broad SMARTS) is 2. The number of nitrogens with one attached hydrogen (secondary N) is 1. The normalized spacial score (nSPS) is 11.2. The summed E-state index contributed by atoms with van der Waals surface area (Å²) in [4.78, 5) is 23.2. The van der Waals surface area contributed by atoms with Gasteiger partial charge in [0.05, 0.1) is 16.3 Å². The highest BCUT2D eigenvalue weighted by atomic mass is 32.2. The van der Waals surface area contributed by atoms with Crippen molar-refractivity contribution in [1.82, 2.24) is 20.1 Å². The van der Waals surface area contributed by atoms with Crippen LogP contribution in [-0.2, 0) is 26.0 Å². The zero-order chi connectivity index (χ0) is 25.5. The van der Waals surface area contributed by atoms with Gasteiger partial charge >= 0.3 is 11.9 Å². The zero-order valence-corrected chi connectivity index (χ0v) is 19.4. The molecule has 0 aliphatic carbocycles. The van der Waals surface area contributed by atoms with Gasteiger partial charge in [-0.25, -0.2) is 27.1 Å². The van der Waals surface area contributed by atoms with Gasteiger partial charge in [0.2, 0.25) is 9.84 Å². The molecule has 0 aliphatic rings. The largest absolute Gasteiger partial charge is 0.478 e. The molecule has 0 saturated carbocycles. The van der Waals surface area contributed by atoms with E-state index >= 15 is 0 Å². The lowest BCUT2D eigenvalue weighted by Crippen LogP contribution is -2.12. The van der Waals surface area contributed by atoms with Crippen molar-refractivity contribution in [3.05, 3.63) is 77.5 Å². The van der Waals surface area contributed by atoms with E-state index in [9.17, 15) is 22.4 Å². The number of rotatable bonds is 7. The molecule has 2 heterocycles. The van der Waals surface area contributed by atoms with Crippen molar-refractivity contribution >= 4 is 21.8 Å². The van der Waals surface area contributed by atoms with Gasteiger partial charge in [0.1, 0.15) is 5.82 Å². The summed E-state index contributed by atoms with van der Waals surface area (Å²) < 4.78 is 41.3. The van der Waals surface area contributed by atoms with E-state index in [1.807, 2.05) is 0 Å². The van der Waals surface area contributed by atoms with E-state index in [1.165, 1.54) is 35.1 Å². The Morgan fingerprint density at radius 2 is 1.74 bits per heavy atom. The Bertz CT molecular complexity index is 1300. The Labute approximate surface area is 195 Å². The fourth-order valence-corrected chi connectivity index (χ4v) is 4.07. The number of halogens is 1. The molecule has 3 aromatic rings. The molecule has 1 aromatic carbocycles. The first-order valence-electron chi connectivity index (χ1n) is 9.77. The molecule has 3 rings (SSSR count). The Hall–Kier alpha value is -3.90. The molecule has 12 heteroatoms. The van der Waals surface area contributed by atoms with Gasteiger partial charge in [0.15, 0.2) is 5.03 Å². The molecule has 0 atom stereocenters. The van der Waals surface area contributed by atoms with Crippen LogP contribution in [0.4, 0.5) is 4.39 Å². The predicted octanol–water partition coefficient (Wildman–Crippen LogP) is 2.29. The monoisotopic (exact) mass is 490 g/mol. The Morgan fingerprint density at radius 3 is 2.26 bits per heavy atom. The standard InChI is InChI=1S/C18H19FN4O2S.C4H4O4/c1-12-4-6-14(19)8-17(12)23-18(9-15(22-23)10-20-3)26(24,25)16-7-5-13(2)21-11-16;5-3(6)1-2-4(7)8/h4-9,11,20H,10H2,1-3H3;1-2H,(H,5,6)(H,7,8). The highest BCUT2D eigenvalue weighted by Gasteiger charge is 2.26. The lowest BCUT2D eigenvalue weighted by molar-refractivity contribution is -0.134. The van der Waals surface area contributed by atoms with Crippen LogP contribution < -0.4 is 5.32 Å². The number of aryl methyl sites for hydroxylation is 2. The first kappa shape index (κ1) is 26.4. The molecule has 0 fully saturated rings. The highest BCUT2D eigenvalue weighted by Crippen LogP contribution is 2.26. The predicted molar refractivity (Wildman–Crippen MR) is 120 cm³/mol. The zero-order valence-electron chi connectivity index (χ0n) is 18.6. The van der Waals surface area contributed by atoms with Crippen molar-refractivity contribution in [2.75, 3.05) is 7.05 Å². The van der Waals surface area contributed by atoms with Crippen LogP contribution in [0.5, 0.6) is 0 Å². The van der Waals surface area contributed by atoms with Gasteiger partial charge in [-0.05, 0) is 50.7 Å². The molecule has 3 N–H and O–H groups in total. The SMILES string of the molecule is CNCc1cc(S(=O)(=O)c2ccc(C)nc2)n(-c2cc(F)ccc2C)n1.O=C(O)C=CC(=O)O. The van der Waals surface area contributed by atoms with Crippen LogP contribution in [0.25, 0.3) is 5.69 Å². The Kier molecular flexibility index (Phi) is 8.76. The topological polar surface area (TPSA) is 151 Å². The quantitative estimate of drug-likeness (QED) is 0.424. The van der Waals surface area contributed by atoms with Crippen LogP contribution in [0.15, 0.2) is 64.7 Å². The summed E-state index contributed by atoms with van der Waals surface area (Å²) in [5.74, 6) is -2.98. The van der Waals surface area contributed by atoms with Gasteiger partial charge in [-0.2, -0.15) is 5.10 Å². The number of hydrogen-bond acceptors (Lipinski definition) is 7. The average Bonchev–Trinajstić information content (AvgIpc) is 3.19. The number of nitrogens with zero attached hydrogens (tertiary/aromatic N) is 3. The molecule has 0 bridgehead atoms. The molecule has 2 aromatic heterocycles. The van der Waals surface area contributed by atoms with E-state index in [0.717, 1.165) is 0 Å². The molecular weight excluding hydrogens is 467 g/mol. The van der Waals surface area contributed by atoms with E-state index in [0.29, 0.717) is 41.3 Å². The molecule has 0 amide bonds. The van der Waals surface area contributed by atoms with Gasteiger partial charge in [-0.3, -0.25) is 4.98 Å². The van der Waals surface area contributed by atoms with E-state index in [1.54, 1.807) is 33.0 Å². The van der Waals surface area contributed by atoms with Crippen molar-refractivity contribution < 1.29 is 32.6 Å². The van der Waals surface area contributed by atoms with Gasteiger partial charge in [-0.15, -0.1) is 0 Å². The van der Waals surface area contributed by atoms with Crippen LogP contribution in [0.2, 0.25) is 0 Å². The minimum absolute atomic E-state index is 0.0258. The van der Waals surface area contributed by atoms with Crippen molar-refractivity contribution in [2.24, 2.45) is 0 Å². The Balaban J connectivity index is 0.000000440. The third-order valence-electron chi connectivity index (χ3n) is 4.32. The van der Waals surface area contributed by atoms with Crippen molar-refractivity contribution in [3.8, 4) is 5.69 Å². The lowest BCUT2D eigenvalue weighted by Gasteiger charge is -2.11. The van der Waals surface area contributed by atoms with Gasteiger partial charge in [0.25, 0.3) is 0 Å². The maximum atomic E-state index is 13.8. The van der Waals surface area contributed by atoms with Crippen LogP contribution in [0.3, 0.4) is 0 Å². The first-order chi connectivity index (χ1) is 15.9. The van der Waals surface area contributed by atoms with Crippen molar-refractivity contribution in [3.63, 3.8) is 0 Å². The fourth-order valence-electron chi connectivity index (χ4n) is 2.73. The number of hydrogen-bond donors (Lipinski definition) is 3. The maximum absolute atomic E-state index is 13.8. The molecular formula is C22H23FN4O6S. The summed E-state index contributed by atoms with van der Waals surface area (Å²) in [6.45, 7) is 3.94. The van der Waals surface area contributed by atoms with E-state index in [-0.39, 0.29) is 9.92 Å². The van der Waals surface area contributed by atoms with Crippen LogP contribution in [0, 0.1) is 19.7 Å². The first-order valence-corrected chi connectivity index (χ1v) is 11.3. The van der Waals surface area contributed by atoms with Gasteiger partial charge < -0.3 is 15.5 Å². The van der Waals surface area contributed by atoms with Crippen LogP contribution >= 0.6 is 0 Å². The van der Waals surface area contributed by atoms with E-state index < -0.39 is 27.6 Å². The summed E-state index contributed by atoms with van der Waals surface area (Å²) >= 11 is 0. The summed E-state index contributed by atoms with van der Waals surface area (Å²) in [6, 6.07) is 8.83. The third kappa shape index (κ3) is 6.80. The number of benzene rings is 1. The van der Waals surface area contributed by atoms with Crippen molar-refractivity contribution in [1.29, 1.82) is 0 Å².